The predicted molar refractivity (Wildman–Crippen MR) is 111 cm³/mol. The van der Waals surface area contributed by atoms with Gasteiger partial charge in [0.15, 0.2) is 11.5 Å². The largest absolute Gasteiger partial charge is 0.493 e. The Morgan fingerprint density at radius 2 is 1.65 bits per heavy atom. The van der Waals surface area contributed by atoms with E-state index in [4.69, 9.17) is 18.9 Å². The maximum absolute atomic E-state index is 12.7. The first-order valence-electron chi connectivity index (χ1n) is 9.70. The Morgan fingerprint density at radius 1 is 1.03 bits per heavy atom. The van der Waals surface area contributed by atoms with Crippen molar-refractivity contribution in [1.82, 2.24) is 15.3 Å². The second-order valence-corrected chi connectivity index (χ2v) is 6.53. The second-order valence-electron chi connectivity index (χ2n) is 6.53. The van der Waals surface area contributed by atoms with E-state index < -0.39 is 23.4 Å². The summed E-state index contributed by atoms with van der Waals surface area (Å²) in [5, 5.41) is 2.42. The SMILES string of the molecule is CCOC(=O)C(Cc1cnc(-c2ccc(OC)c(OC)c2)[nH]1)(NC(C)=O)C(=O)OCC. The molecule has 0 aliphatic rings. The summed E-state index contributed by atoms with van der Waals surface area (Å²) in [6.45, 7) is 4.47. The fraction of sp³-hybridized carbons (Fsp3) is 0.429. The number of carbonyl (C=O) groups excluding carboxylic acids is 3. The normalized spacial score (nSPS) is 10.9. The summed E-state index contributed by atoms with van der Waals surface area (Å²) in [4.78, 5) is 44.7. The average molecular weight is 433 g/mol. The van der Waals surface area contributed by atoms with Crippen LogP contribution in [0.25, 0.3) is 11.4 Å². The van der Waals surface area contributed by atoms with Gasteiger partial charge in [-0.1, -0.05) is 0 Å². The zero-order valence-electron chi connectivity index (χ0n) is 18.2. The molecule has 2 aromatic rings. The van der Waals surface area contributed by atoms with E-state index in [0.717, 1.165) is 0 Å². The number of nitrogens with one attached hydrogen (secondary N) is 2. The van der Waals surface area contributed by atoms with E-state index in [0.29, 0.717) is 28.6 Å². The number of hydrogen-bond acceptors (Lipinski definition) is 8. The zero-order chi connectivity index (χ0) is 23.0. The highest BCUT2D eigenvalue weighted by atomic mass is 16.6. The molecule has 0 aliphatic carbocycles. The number of carbonyl (C=O) groups is 3. The molecule has 1 heterocycles. The molecule has 10 heteroatoms. The Labute approximate surface area is 180 Å². The zero-order valence-corrected chi connectivity index (χ0v) is 18.2. The Bertz CT molecular complexity index is 921. The number of nitrogens with zero attached hydrogens (tertiary/aromatic N) is 1. The van der Waals surface area contributed by atoms with Crippen LogP contribution in [0.2, 0.25) is 0 Å². The predicted octanol–water partition coefficient (Wildman–Crippen LogP) is 1.64. The first kappa shape index (κ1) is 23.7. The molecule has 31 heavy (non-hydrogen) atoms. The van der Waals surface area contributed by atoms with Gasteiger partial charge in [-0.15, -0.1) is 0 Å². The molecule has 0 radical (unpaired) electrons. The van der Waals surface area contributed by atoms with E-state index in [1.807, 2.05) is 0 Å². The van der Waals surface area contributed by atoms with E-state index in [1.54, 1.807) is 32.0 Å². The topological polar surface area (TPSA) is 129 Å². The molecule has 0 saturated carbocycles. The number of aromatic nitrogens is 2. The fourth-order valence-electron chi connectivity index (χ4n) is 3.05. The molecule has 1 aromatic heterocycles. The Balaban J connectivity index is 2.44. The van der Waals surface area contributed by atoms with Crippen molar-refractivity contribution in [1.29, 1.82) is 0 Å². The lowest BCUT2D eigenvalue weighted by Gasteiger charge is -2.29. The minimum Gasteiger partial charge on any atom is -0.493 e. The van der Waals surface area contributed by atoms with Gasteiger partial charge in [0, 0.05) is 30.8 Å². The summed E-state index contributed by atoms with van der Waals surface area (Å²) >= 11 is 0. The molecule has 0 aliphatic heterocycles. The molecule has 168 valence electrons. The number of esters is 2. The molecule has 0 fully saturated rings. The second kappa shape index (κ2) is 10.5. The number of rotatable bonds is 10. The molecule has 0 unspecified atom stereocenters. The number of aromatic amines is 1. The van der Waals surface area contributed by atoms with Gasteiger partial charge < -0.3 is 29.2 Å². The molecule has 0 bridgehead atoms. The number of imidazole rings is 1. The highest BCUT2D eigenvalue weighted by molar-refractivity contribution is 6.08. The van der Waals surface area contributed by atoms with Gasteiger partial charge >= 0.3 is 11.9 Å². The van der Waals surface area contributed by atoms with Crippen molar-refractivity contribution < 1.29 is 33.3 Å². The quantitative estimate of drug-likeness (QED) is 0.427. The van der Waals surface area contributed by atoms with Gasteiger partial charge in [-0.3, -0.25) is 4.79 Å². The molecule has 0 atom stereocenters. The van der Waals surface area contributed by atoms with Crippen molar-refractivity contribution in [2.75, 3.05) is 27.4 Å². The molecule has 2 rings (SSSR count). The summed E-state index contributed by atoms with van der Waals surface area (Å²) < 4.78 is 20.7. The Kier molecular flexibility index (Phi) is 8.00. The van der Waals surface area contributed by atoms with Crippen LogP contribution in [-0.2, 0) is 30.3 Å². The van der Waals surface area contributed by atoms with Crippen molar-refractivity contribution in [3.63, 3.8) is 0 Å². The molecular weight excluding hydrogens is 406 g/mol. The highest BCUT2D eigenvalue weighted by Crippen LogP contribution is 2.31. The van der Waals surface area contributed by atoms with Crippen molar-refractivity contribution in [3.05, 3.63) is 30.1 Å². The van der Waals surface area contributed by atoms with Crippen LogP contribution in [0.4, 0.5) is 0 Å². The molecule has 10 nitrogen and oxygen atoms in total. The van der Waals surface area contributed by atoms with Crippen molar-refractivity contribution in [2.45, 2.75) is 32.7 Å². The van der Waals surface area contributed by atoms with Crippen LogP contribution >= 0.6 is 0 Å². The van der Waals surface area contributed by atoms with Gasteiger partial charge in [0.1, 0.15) is 5.82 Å². The number of H-pyrrole nitrogens is 1. The van der Waals surface area contributed by atoms with Crippen LogP contribution in [-0.4, -0.2) is 60.8 Å². The van der Waals surface area contributed by atoms with Crippen LogP contribution in [0.3, 0.4) is 0 Å². The number of ether oxygens (including phenoxy) is 4. The van der Waals surface area contributed by atoms with Gasteiger partial charge in [0.25, 0.3) is 0 Å². The van der Waals surface area contributed by atoms with Crippen molar-refractivity contribution >= 4 is 17.8 Å². The Morgan fingerprint density at radius 3 is 2.16 bits per heavy atom. The van der Waals surface area contributed by atoms with E-state index in [1.165, 1.54) is 27.3 Å². The van der Waals surface area contributed by atoms with Crippen molar-refractivity contribution in [2.24, 2.45) is 0 Å². The van der Waals surface area contributed by atoms with Gasteiger partial charge in [0.2, 0.25) is 11.4 Å². The highest BCUT2D eigenvalue weighted by Gasteiger charge is 2.50. The van der Waals surface area contributed by atoms with E-state index in [-0.39, 0.29) is 19.6 Å². The summed E-state index contributed by atoms with van der Waals surface area (Å²) in [6, 6.07) is 5.25. The number of hydrogen-bond donors (Lipinski definition) is 2. The number of benzene rings is 1. The number of methoxy groups -OCH3 is 2. The van der Waals surface area contributed by atoms with Crippen LogP contribution in [0, 0.1) is 0 Å². The summed E-state index contributed by atoms with van der Waals surface area (Å²) in [7, 11) is 3.06. The third-order valence-corrected chi connectivity index (χ3v) is 4.38. The molecular formula is C21H27N3O7. The Hall–Kier alpha value is -3.56. The third-order valence-electron chi connectivity index (χ3n) is 4.38. The average Bonchev–Trinajstić information content (AvgIpc) is 3.20. The molecule has 1 aromatic carbocycles. The lowest BCUT2D eigenvalue weighted by atomic mass is 9.93. The maximum Gasteiger partial charge on any atom is 0.344 e. The van der Waals surface area contributed by atoms with Gasteiger partial charge in [0.05, 0.1) is 27.4 Å². The van der Waals surface area contributed by atoms with E-state index in [2.05, 4.69) is 15.3 Å². The maximum atomic E-state index is 12.7. The molecule has 1 amide bonds. The lowest BCUT2D eigenvalue weighted by Crippen LogP contribution is -2.62. The minimum absolute atomic E-state index is 0.0272. The lowest BCUT2D eigenvalue weighted by molar-refractivity contribution is -0.168. The number of amides is 1. The van der Waals surface area contributed by atoms with Gasteiger partial charge in [-0.05, 0) is 32.0 Å². The fourth-order valence-corrected chi connectivity index (χ4v) is 3.05. The van der Waals surface area contributed by atoms with Crippen LogP contribution in [0.1, 0.15) is 26.5 Å². The van der Waals surface area contributed by atoms with Crippen LogP contribution in [0.5, 0.6) is 11.5 Å². The minimum atomic E-state index is -2.04. The van der Waals surface area contributed by atoms with E-state index >= 15 is 0 Å². The summed E-state index contributed by atoms with van der Waals surface area (Å²) in [5.74, 6) is -0.853. The van der Waals surface area contributed by atoms with Crippen molar-refractivity contribution in [3.8, 4) is 22.9 Å². The van der Waals surface area contributed by atoms with Crippen LogP contribution < -0.4 is 14.8 Å². The van der Waals surface area contributed by atoms with Gasteiger partial charge in [-0.2, -0.15) is 0 Å². The smallest absolute Gasteiger partial charge is 0.344 e. The first-order valence-corrected chi connectivity index (χ1v) is 9.70. The summed E-state index contributed by atoms with van der Waals surface area (Å²) in [5.41, 5.74) is -0.930. The van der Waals surface area contributed by atoms with Gasteiger partial charge in [-0.25, -0.2) is 14.6 Å². The first-order chi connectivity index (χ1) is 14.8. The third kappa shape index (κ3) is 5.33. The molecule has 0 spiro atoms. The monoisotopic (exact) mass is 433 g/mol. The summed E-state index contributed by atoms with van der Waals surface area (Å²) in [6.07, 6.45) is 1.24. The molecule has 0 saturated heterocycles. The standard InChI is InChI=1S/C21H27N3O7/c1-6-30-19(26)21(24-13(3)25,20(27)31-7-2)11-15-12-22-18(23-15)14-8-9-16(28-4)17(10-14)29-5/h8-10,12H,6-7,11H2,1-5H3,(H,22,23)(H,24,25). The van der Waals surface area contributed by atoms with Crippen LogP contribution in [0.15, 0.2) is 24.4 Å². The molecule has 2 N–H and O–H groups in total. The van der Waals surface area contributed by atoms with E-state index in [9.17, 15) is 14.4 Å².